The summed E-state index contributed by atoms with van der Waals surface area (Å²) >= 11 is 0. The third-order valence-corrected chi connectivity index (χ3v) is 3.49. The fourth-order valence-corrected chi connectivity index (χ4v) is 2.40. The van der Waals surface area contributed by atoms with Crippen LogP contribution in [0, 0.1) is 0 Å². The van der Waals surface area contributed by atoms with Gasteiger partial charge in [-0.3, -0.25) is 10.1 Å². The first-order valence-electron chi connectivity index (χ1n) is 6.65. The van der Waals surface area contributed by atoms with Gasteiger partial charge in [0.2, 0.25) is 0 Å². The van der Waals surface area contributed by atoms with E-state index in [2.05, 4.69) is 5.32 Å². The van der Waals surface area contributed by atoms with Gasteiger partial charge in [0, 0.05) is 18.0 Å². The van der Waals surface area contributed by atoms with E-state index < -0.39 is 5.54 Å². The highest BCUT2D eigenvalue weighted by Crippen LogP contribution is 2.35. The van der Waals surface area contributed by atoms with Crippen molar-refractivity contribution in [1.29, 1.82) is 0 Å². The van der Waals surface area contributed by atoms with Gasteiger partial charge in [-0.1, -0.05) is 0 Å². The molecule has 1 heterocycles. The second-order valence-corrected chi connectivity index (χ2v) is 5.35. The Labute approximate surface area is 119 Å². The summed E-state index contributed by atoms with van der Waals surface area (Å²) in [6.07, 6.45) is 0.792. The standard InChI is InChI=1S/C15H21NO4/c1-15(2,14(17)19-4)16-12-7-8-20-13-6-5-10(18-3)9-11(12)13/h5-6,9,12,16H,7-8H2,1-4H3. The van der Waals surface area contributed by atoms with Crippen LogP contribution in [-0.2, 0) is 9.53 Å². The lowest BCUT2D eigenvalue weighted by molar-refractivity contribution is -0.147. The number of ether oxygens (including phenoxy) is 3. The number of esters is 1. The first-order chi connectivity index (χ1) is 9.47. The van der Waals surface area contributed by atoms with Crippen LogP contribution in [0.2, 0.25) is 0 Å². The Kier molecular flexibility index (Phi) is 4.18. The van der Waals surface area contributed by atoms with Crippen LogP contribution in [0.5, 0.6) is 11.5 Å². The third-order valence-electron chi connectivity index (χ3n) is 3.49. The molecule has 1 aromatic rings. The Hall–Kier alpha value is -1.75. The zero-order valence-corrected chi connectivity index (χ0v) is 12.4. The minimum Gasteiger partial charge on any atom is -0.497 e. The predicted octanol–water partition coefficient (Wildman–Crippen LogP) is 2.06. The Morgan fingerprint density at radius 1 is 1.40 bits per heavy atom. The molecule has 5 nitrogen and oxygen atoms in total. The van der Waals surface area contributed by atoms with Gasteiger partial charge in [-0.25, -0.2) is 0 Å². The summed E-state index contributed by atoms with van der Waals surface area (Å²) < 4.78 is 15.7. The number of nitrogens with one attached hydrogen (secondary N) is 1. The van der Waals surface area contributed by atoms with Crippen LogP contribution in [0.4, 0.5) is 0 Å². The van der Waals surface area contributed by atoms with Crippen LogP contribution < -0.4 is 14.8 Å². The zero-order chi connectivity index (χ0) is 14.8. The molecule has 0 fully saturated rings. The summed E-state index contributed by atoms with van der Waals surface area (Å²) in [6.45, 7) is 4.25. The van der Waals surface area contributed by atoms with Crippen molar-refractivity contribution in [2.45, 2.75) is 31.8 Å². The van der Waals surface area contributed by atoms with Gasteiger partial charge < -0.3 is 14.2 Å². The average Bonchev–Trinajstić information content (AvgIpc) is 2.45. The Balaban J connectivity index is 2.25. The molecule has 1 aliphatic heterocycles. The molecule has 0 amide bonds. The van der Waals surface area contributed by atoms with Gasteiger partial charge in [0.05, 0.1) is 20.8 Å². The molecule has 5 heteroatoms. The lowest BCUT2D eigenvalue weighted by atomic mass is 9.96. The Morgan fingerprint density at radius 2 is 2.15 bits per heavy atom. The second-order valence-electron chi connectivity index (χ2n) is 5.35. The van der Waals surface area contributed by atoms with Crippen molar-refractivity contribution in [2.24, 2.45) is 0 Å². The summed E-state index contributed by atoms with van der Waals surface area (Å²) in [4.78, 5) is 11.8. The van der Waals surface area contributed by atoms with Gasteiger partial charge in [0.15, 0.2) is 0 Å². The lowest BCUT2D eigenvalue weighted by Gasteiger charge is -2.33. The van der Waals surface area contributed by atoms with E-state index >= 15 is 0 Å². The quantitative estimate of drug-likeness (QED) is 0.855. The molecular formula is C15H21NO4. The highest BCUT2D eigenvalue weighted by molar-refractivity contribution is 5.79. The fourth-order valence-electron chi connectivity index (χ4n) is 2.40. The van der Waals surface area contributed by atoms with Crippen LogP contribution in [0.3, 0.4) is 0 Å². The number of hydrogen-bond acceptors (Lipinski definition) is 5. The first-order valence-corrected chi connectivity index (χ1v) is 6.65. The summed E-state index contributed by atoms with van der Waals surface area (Å²) in [5, 5.41) is 3.34. The molecule has 0 aliphatic carbocycles. The molecule has 0 spiro atoms. The highest BCUT2D eigenvalue weighted by Gasteiger charge is 2.34. The van der Waals surface area contributed by atoms with E-state index in [1.54, 1.807) is 7.11 Å². The fraction of sp³-hybridized carbons (Fsp3) is 0.533. The van der Waals surface area contributed by atoms with Gasteiger partial charge in [0.25, 0.3) is 0 Å². The van der Waals surface area contributed by atoms with Crippen molar-refractivity contribution >= 4 is 5.97 Å². The van der Waals surface area contributed by atoms with E-state index in [0.29, 0.717) is 6.61 Å². The van der Waals surface area contributed by atoms with E-state index in [1.807, 2.05) is 32.0 Å². The SMILES string of the molecule is COC(=O)C(C)(C)NC1CCOc2ccc(OC)cc21. The highest BCUT2D eigenvalue weighted by atomic mass is 16.5. The molecule has 1 aliphatic rings. The zero-order valence-electron chi connectivity index (χ0n) is 12.4. The van der Waals surface area contributed by atoms with Gasteiger partial charge in [-0.2, -0.15) is 0 Å². The molecular weight excluding hydrogens is 258 g/mol. The molecule has 0 radical (unpaired) electrons. The van der Waals surface area contributed by atoms with Gasteiger partial charge in [-0.05, 0) is 32.0 Å². The maximum Gasteiger partial charge on any atom is 0.325 e. The van der Waals surface area contributed by atoms with E-state index in [4.69, 9.17) is 14.2 Å². The van der Waals surface area contributed by atoms with E-state index in [9.17, 15) is 4.79 Å². The molecule has 20 heavy (non-hydrogen) atoms. The molecule has 1 unspecified atom stereocenters. The van der Waals surface area contributed by atoms with Gasteiger partial charge in [-0.15, -0.1) is 0 Å². The number of hydrogen-bond donors (Lipinski definition) is 1. The second kappa shape index (κ2) is 5.71. The van der Waals surface area contributed by atoms with Crippen LogP contribution in [0.25, 0.3) is 0 Å². The molecule has 1 atom stereocenters. The smallest absolute Gasteiger partial charge is 0.325 e. The number of carbonyl (C=O) groups excluding carboxylic acids is 1. The summed E-state index contributed by atoms with van der Waals surface area (Å²) in [6, 6.07) is 5.74. The number of benzene rings is 1. The van der Waals surface area contributed by atoms with Crippen LogP contribution >= 0.6 is 0 Å². The molecule has 0 saturated carbocycles. The minimum atomic E-state index is -0.753. The summed E-state index contributed by atoms with van der Waals surface area (Å²) in [5.74, 6) is 1.32. The number of methoxy groups -OCH3 is 2. The molecule has 2 rings (SSSR count). The van der Waals surface area contributed by atoms with E-state index in [0.717, 1.165) is 23.5 Å². The van der Waals surface area contributed by atoms with Crippen molar-refractivity contribution < 1.29 is 19.0 Å². The molecule has 0 aromatic heterocycles. The summed E-state index contributed by atoms with van der Waals surface area (Å²) in [5.41, 5.74) is 0.254. The number of rotatable bonds is 4. The van der Waals surface area contributed by atoms with E-state index in [1.165, 1.54) is 7.11 Å². The monoisotopic (exact) mass is 279 g/mol. The topological polar surface area (TPSA) is 56.8 Å². The van der Waals surface area contributed by atoms with Crippen LogP contribution in [0.15, 0.2) is 18.2 Å². The molecule has 0 bridgehead atoms. The van der Waals surface area contributed by atoms with Crippen molar-refractivity contribution in [1.82, 2.24) is 5.32 Å². The van der Waals surface area contributed by atoms with Crippen molar-refractivity contribution in [3.8, 4) is 11.5 Å². The van der Waals surface area contributed by atoms with Crippen molar-refractivity contribution in [3.63, 3.8) is 0 Å². The molecule has 1 N–H and O–H groups in total. The maximum atomic E-state index is 11.8. The lowest BCUT2D eigenvalue weighted by Crippen LogP contribution is -2.49. The van der Waals surface area contributed by atoms with Crippen LogP contribution in [-0.4, -0.2) is 32.3 Å². The average molecular weight is 279 g/mol. The van der Waals surface area contributed by atoms with Gasteiger partial charge in [0.1, 0.15) is 17.0 Å². The maximum absolute atomic E-state index is 11.8. The number of carbonyl (C=O) groups is 1. The predicted molar refractivity (Wildman–Crippen MR) is 75.1 cm³/mol. The molecule has 110 valence electrons. The number of fused-ring (bicyclic) bond motifs is 1. The van der Waals surface area contributed by atoms with E-state index in [-0.39, 0.29) is 12.0 Å². The van der Waals surface area contributed by atoms with Crippen molar-refractivity contribution in [3.05, 3.63) is 23.8 Å². The molecule has 0 saturated heterocycles. The van der Waals surface area contributed by atoms with Crippen molar-refractivity contribution in [2.75, 3.05) is 20.8 Å². The molecule has 1 aromatic carbocycles. The summed E-state index contributed by atoms with van der Waals surface area (Å²) in [7, 11) is 3.03. The minimum absolute atomic E-state index is 0.0305. The Bertz CT molecular complexity index is 499. The van der Waals surface area contributed by atoms with Crippen LogP contribution in [0.1, 0.15) is 31.9 Å². The normalized spacial score (nSPS) is 17.9. The third kappa shape index (κ3) is 2.88. The first kappa shape index (κ1) is 14.7. The largest absolute Gasteiger partial charge is 0.497 e. The Morgan fingerprint density at radius 3 is 2.80 bits per heavy atom. The van der Waals surface area contributed by atoms with Gasteiger partial charge >= 0.3 is 5.97 Å².